The summed E-state index contributed by atoms with van der Waals surface area (Å²) in [5.41, 5.74) is 0.344. The van der Waals surface area contributed by atoms with Crippen molar-refractivity contribution in [3.63, 3.8) is 0 Å². The van der Waals surface area contributed by atoms with Crippen molar-refractivity contribution < 1.29 is 19.4 Å². The van der Waals surface area contributed by atoms with Gasteiger partial charge in [0.1, 0.15) is 0 Å². The van der Waals surface area contributed by atoms with Gasteiger partial charge in [0.15, 0.2) is 0 Å². The third-order valence-corrected chi connectivity index (χ3v) is 3.91. The summed E-state index contributed by atoms with van der Waals surface area (Å²) < 4.78 is 6.07. The molecule has 21 heavy (non-hydrogen) atoms. The number of urea groups is 1. The normalized spacial score (nSPS) is 18.4. The van der Waals surface area contributed by atoms with Gasteiger partial charge < -0.3 is 20.1 Å². The van der Waals surface area contributed by atoms with E-state index in [0.717, 1.165) is 6.42 Å². The van der Waals surface area contributed by atoms with Crippen LogP contribution >= 0.6 is 15.9 Å². The van der Waals surface area contributed by atoms with E-state index in [1.807, 2.05) is 6.92 Å². The maximum atomic E-state index is 12.4. The predicted octanol–water partition coefficient (Wildman–Crippen LogP) is 2.79. The van der Waals surface area contributed by atoms with Gasteiger partial charge in [-0.05, 0) is 24.6 Å². The highest BCUT2D eigenvalue weighted by atomic mass is 79.9. The number of aromatic carboxylic acids is 1. The highest BCUT2D eigenvalue weighted by molar-refractivity contribution is 9.10. The van der Waals surface area contributed by atoms with Crippen LogP contribution in [0, 0.1) is 0 Å². The molecule has 114 valence electrons. The Kier molecular flexibility index (Phi) is 5.19. The summed E-state index contributed by atoms with van der Waals surface area (Å²) in [6, 6.07) is 4.38. The lowest BCUT2D eigenvalue weighted by Gasteiger charge is -2.35. The van der Waals surface area contributed by atoms with Gasteiger partial charge in [-0.3, -0.25) is 0 Å². The van der Waals surface area contributed by atoms with Crippen LogP contribution in [0.1, 0.15) is 23.7 Å². The van der Waals surface area contributed by atoms with E-state index in [1.54, 1.807) is 17.0 Å². The molecule has 0 radical (unpaired) electrons. The second-order valence-corrected chi connectivity index (χ2v) is 5.67. The van der Waals surface area contributed by atoms with Crippen molar-refractivity contribution >= 4 is 33.6 Å². The molecule has 1 saturated heterocycles. The Balaban J connectivity index is 2.18. The fourth-order valence-electron chi connectivity index (χ4n) is 2.25. The van der Waals surface area contributed by atoms with Crippen LogP contribution in [-0.2, 0) is 4.74 Å². The van der Waals surface area contributed by atoms with E-state index in [-0.39, 0.29) is 23.3 Å². The van der Waals surface area contributed by atoms with E-state index in [4.69, 9.17) is 4.74 Å². The Hall–Kier alpha value is -1.60. The van der Waals surface area contributed by atoms with E-state index in [9.17, 15) is 14.7 Å². The van der Waals surface area contributed by atoms with E-state index in [0.29, 0.717) is 24.2 Å². The predicted molar refractivity (Wildman–Crippen MR) is 81.7 cm³/mol. The molecule has 1 heterocycles. The molecule has 1 fully saturated rings. The number of anilines is 1. The number of carbonyl (C=O) groups excluding carboxylic acids is 1. The summed E-state index contributed by atoms with van der Waals surface area (Å²) in [6.45, 7) is 3.49. The minimum absolute atomic E-state index is 0.0131. The number of morpholine rings is 1. The fraction of sp³-hybridized carbons (Fsp3) is 0.429. The first kappa shape index (κ1) is 15.8. The van der Waals surface area contributed by atoms with E-state index in [2.05, 4.69) is 21.2 Å². The average Bonchev–Trinajstić information content (AvgIpc) is 2.46. The zero-order valence-corrected chi connectivity index (χ0v) is 13.2. The number of halogens is 1. The molecular formula is C14H17BrN2O4. The summed E-state index contributed by atoms with van der Waals surface area (Å²) in [6.07, 6.45) is 0.789. The van der Waals surface area contributed by atoms with Gasteiger partial charge in [0.25, 0.3) is 0 Å². The van der Waals surface area contributed by atoms with Crippen LogP contribution in [0.2, 0.25) is 0 Å². The maximum absolute atomic E-state index is 12.4. The standard InChI is InChI=1S/C14H17BrN2O4/c1-2-10-8-21-6-5-17(10)14(20)16-12-7-9(15)3-4-11(12)13(18)19/h3-4,7,10H,2,5-6,8H2,1H3,(H,16,20)(H,18,19). The van der Waals surface area contributed by atoms with E-state index >= 15 is 0 Å². The zero-order chi connectivity index (χ0) is 15.4. The van der Waals surface area contributed by atoms with Gasteiger partial charge in [0, 0.05) is 11.0 Å². The van der Waals surface area contributed by atoms with Gasteiger partial charge in [-0.2, -0.15) is 0 Å². The van der Waals surface area contributed by atoms with Crippen molar-refractivity contribution in [1.82, 2.24) is 4.90 Å². The van der Waals surface area contributed by atoms with Gasteiger partial charge in [0.05, 0.1) is 30.5 Å². The van der Waals surface area contributed by atoms with Crippen LogP contribution in [0.3, 0.4) is 0 Å². The molecule has 0 spiro atoms. The van der Waals surface area contributed by atoms with Crippen LogP contribution in [0.4, 0.5) is 10.5 Å². The number of ether oxygens (including phenoxy) is 1. The minimum Gasteiger partial charge on any atom is -0.478 e. The second-order valence-electron chi connectivity index (χ2n) is 4.76. The monoisotopic (exact) mass is 356 g/mol. The van der Waals surface area contributed by atoms with Crippen LogP contribution in [-0.4, -0.2) is 47.8 Å². The summed E-state index contributed by atoms with van der Waals surface area (Å²) in [5, 5.41) is 11.9. The Morgan fingerprint density at radius 3 is 2.95 bits per heavy atom. The van der Waals surface area contributed by atoms with Gasteiger partial charge in [-0.25, -0.2) is 9.59 Å². The molecular weight excluding hydrogens is 340 g/mol. The highest BCUT2D eigenvalue weighted by Gasteiger charge is 2.26. The molecule has 1 atom stereocenters. The number of hydrogen-bond acceptors (Lipinski definition) is 3. The molecule has 1 unspecified atom stereocenters. The minimum atomic E-state index is -1.08. The van der Waals surface area contributed by atoms with Crippen molar-refractivity contribution in [2.24, 2.45) is 0 Å². The number of amides is 2. The third-order valence-electron chi connectivity index (χ3n) is 3.41. The van der Waals surface area contributed by atoms with Crippen molar-refractivity contribution in [1.29, 1.82) is 0 Å². The van der Waals surface area contributed by atoms with Gasteiger partial charge in [0.2, 0.25) is 0 Å². The number of carbonyl (C=O) groups is 2. The SMILES string of the molecule is CCC1COCCN1C(=O)Nc1cc(Br)ccc1C(=O)O. The Morgan fingerprint density at radius 1 is 1.52 bits per heavy atom. The number of nitrogens with zero attached hydrogens (tertiary/aromatic N) is 1. The van der Waals surface area contributed by atoms with Crippen LogP contribution in [0.5, 0.6) is 0 Å². The third kappa shape index (κ3) is 3.74. The number of carboxylic acid groups (broad SMARTS) is 1. The summed E-state index contributed by atoms with van der Waals surface area (Å²) in [7, 11) is 0. The lowest BCUT2D eigenvalue weighted by molar-refractivity contribution is 0.0144. The van der Waals surface area contributed by atoms with E-state index < -0.39 is 5.97 Å². The molecule has 2 rings (SSSR count). The Labute approximate surface area is 131 Å². The zero-order valence-electron chi connectivity index (χ0n) is 11.6. The molecule has 7 heteroatoms. The van der Waals surface area contributed by atoms with Crippen molar-refractivity contribution in [2.75, 3.05) is 25.1 Å². The first-order valence-electron chi connectivity index (χ1n) is 6.71. The molecule has 0 aliphatic carbocycles. The first-order chi connectivity index (χ1) is 10.0. The molecule has 1 aliphatic rings. The maximum Gasteiger partial charge on any atom is 0.337 e. The van der Waals surface area contributed by atoms with Gasteiger partial charge >= 0.3 is 12.0 Å². The van der Waals surface area contributed by atoms with Crippen LogP contribution in [0.25, 0.3) is 0 Å². The lowest BCUT2D eigenvalue weighted by atomic mass is 10.1. The first-order valence-corrected chi connectivity index (χ1v) is 7.50. The average molecular weight is 357 g/mol. The molecule has 1 aliphatic heterocycles. The summed E-state index contributed by atoms with van der Waals surface area (Å²) in [4.78, 5) is 25.3. The largest absolute Gasteiger partial charge is 0.478 e. The highest BCUT2D eigenvalue weighted by Crippen LogP contribution is 2.23. The van der Waals surface area contributed by atoms with E-state index in [1.165, 1.54) is 6.07 Å². The van der Waals surface area contributed by atoms with Crippen molar-refractivity contribution in [3.05, 3.63) is 28.2 Å². The topological polar surface area (TPSA) is 78.9 Å². The van der Waals surface area contributed by atoms with Gasteiger partial charge in [-0.15, -0.1) is 0 Å². The molecule has 2 N–H and O–H groups in total. The molecule has 2 amide bonds. The van der Waals surface area contributed by atoms with Crippen molar-refractivity contribution in [3.8, 4) is 0 Å². The Morgan fingerprint density at radius 2 is 2.29 bits per heavy atom. The number of benzene rings is 1. The van der Waals surface area contributed by atoms with Gasteiger partial charge in [-0.1, -0.05) is 22.9 Å². The molecule has 0 aromatic heterocycles. The number of carboxylic acids is 1. The number of hydrogen-bond donors (Lipinski definition) is 2. The molecule has 1 aromatic rings. The summed E-state index contributed by atoms with van der Waals surface area (Å²) >= 11 is 3.28. The van der Waals surface area contributed by atoms with Crippen LogP contribution < -0.4 is 5.32 Å². The quantitative estimate of drug-likeness (QED) is 0.872. The number of nitrogens with one attached hydrogen (secondary N) is 1. The lowest BCUT2D eigenvalue weighted by Crippen LogP contribution is -2.50. The van der Waals surface area contributed by atoms with Crippen molar-refractivity contribution in [2.45, 2.75) is 19.4 Å². The fourth-order valence-corrected chi connectivity index (χ4v) is 2.61. The molecule has 1 aromatic carbocycles. The molecule has 0 bridgehead atoms. The number of rotatable bonds is 3. The Bertz CT molecular complexity index is 550. The van der Waals surface area contributed by atoms with Crippen LogP contribution in [0.15, 0.2) is 22.7 Å². The smallest absolute Gasteiger partial charge is 0.337 e. The summed E-state index contributed by atoms with van der Waals surface area (Å²) in [5.74, 6) is -1.08. The molecule has 6 nitrogen and oxygen atoms in total. The second kappa shape index (κ2) is 6.91. The molecule has 0 saturated carbocycles.